The van der Waals surface area contributed by atoms with Crippen molar-refractivity contribution < 1.29 is 24.3 Å². The van der Waals surface area contributed by atoms with Crippen molar-refractivity contribution in [3.05, 3.63) is 0 Å². The third-order valence-corrected chi connectivity index (χ3v) is 0. The molecule has 0 amide bonds. The fraction of sp³-hybridized carbons (Fsp3) is 0.810. The van der Waals surface area contributed by atoms with Gasteiger partial charge in [-0.25, -0.2) is 0 Å². The Labute approximate surface area is 180 Å². The van der Waals surface area contributed by atoms with Crippen LogP contribution in [0.25, 0.3) is 0 Å². The number of hydrogen-bond donors (Lipinski definition) is 1. The van der Waals surface area contributed by atoms with Crippen LogP contribution in [0, 0.1) is 22.7 Å². The van der Waals surface area contributed by atoms with Crippen molar-refractivity contribution in [3.8, 4) is 12.1 Å². The molecule has 0 unspecified atom stereocenters. The van der Waals surface area contributed by atoms with Gasteiger partial charge in [-0.05, 0) is 0 Å². The number of hydrogen-bond acceptors (Lipinski definition) is 7. The minimum Gasteiger partial charge on any atom is -0.400 e. The Morgan fingerprint density at radius 3 is 0.464 bits per heavy atom. The third-order valence-electron chi connectivity index (χ3n) is 0. The normalized spacial score (nSPS) is 2.21. The molecule has 0 aliphatic heterocycles. The molecule has 28 heavy (non-hydrogen) atoms. The van der Waals surface area contributed by atoms with E-state index in [1.165, 1.54) is 13.8 Å². The second-order valence-electron chi connectivity index (χ2n) is 0.614. The SMILES string of the molecule is C.C.C.C.C.C.CC.CC.CC.CC.CC#N.CC#N.CO.O=C=O.O=C=O. The number of rotatable bonds is 0. The molecule has 0 atom stereocenters. The number of nitriles is 2. The first-order valence-corrected chi connectivity index (χ1v) is 6.71. The van der Waals surface area contributed by atoms with E-state index >= 15 is 0 Å². The molecule has 0 spiro atoms. The fourth-order valence-electron chi connectivity index (χ4n) is 0. The zero-order valence-electron chi connectivity index (χ0n) is 16.0. The molecule has 0 saturated carbocycles. The second kappa shape index (κ2) is 4800. The van der Waals surface area contributed by atoms with E-state index in [-0.39, 0.29) is 56.9 Å². The first-order chi connectivity index (χ1) is 10.7. The van der Waals surface area contributed by atoms with Gasteiger partial charge in [0.25, 0.3) is 0 Å². The first-order valence-electron chi connectivity index (χ1n) is 6.71. The molecule has 0 aliphatic rings. The zero-order valence-corrected chi connectivity index (χ0v) is 16.0. The van der Waals surface area contributed by atoms with E-state index in [4.69, 9.17) is 34.8 Å². The van der Waals surface area contributed by atoms with E-state index in [1.54, 1.807) is 12.1 Å². The molecule has 0 aromatic carbocycles. The molecule has 1 N–H and O–H groups in total. The molecule has 0 saturated heterocycles. The van der Waals surface area contributed by atoms with Crippen LogP contribution in [0.15, 0.2) is 0 Å². The number of aliphatic hydroxyl groups is 1. The van der Waals surface area contributed by atoms with Gasteiger partial charge in [-0.15, -0.1) is 0 Å². The van der Waals surface area contributed by atoms with Gasteiger partial charge in [-0.2, -0.15) is 29.7 Å². The van der Waals surface area contributed by atoms with Gasteiger partial charge in [0.05, 0.1) is 12.1 Å². The molecule has 182 valence electrons. The van der Waals surface area contributed by atoms with Crippen molar-refractivity contribution in [1.29, 1.82) is 10.5 Å². The average Bonchev–Trinajstić information content (AvgIpc) is 2.59. The minimum atomic E-state index is 0. The Balaban J connectivity index is -0.00000000512. The minimum absolute atomic E-state index is 0. The van der Waals surface area contributed by atoms with Crippen LogP contribution in [-0.4, -0.2) is 24.5 Å². The summed E-state index contributed by atoms with van der Waals surface area (Å²) in [6, 6.07) is 3.50. The Bertz CT molecular complexity index is 186. The van der Waals surface area contributed by atoms with Crippen LogP contribution >= 0.6 is 0 Å². The van der Waals surface area contributed by atoms with Crippen LogP contribution in [0.1, 0.15) is 114 Å². The Morgan fingerprint density at radius 2 is 0.464 bits per heavy atom. The molecule has 0 aromatic rings. The molecule has 0 heterocycles. The maximum atomic E-state index is 8.12. The van der Waals surface area contributed by atoms with Gasteiger partial charge < -0.3 is 5.11 Å². The molecule has 0 rings (SSSR count). The lowest BCUT2D eigenvalue weighted by Crippen LogP contribution is -1.25. The molecule has 0 bridgehead atoms. The smallest absolute Gasteiger partial charge is 0.373 e. The summed E-state index contributed by atoms with van der Waals surface area (Å²) in [4.78, 5) is 32.5. The summed E-state index contributed by atoms with van der Waals surface area (Å²) in [5.74, 6) is 0. The van der Waals surface area contributed by atoms with Gasteiger partial charge in [0, 0.05) is 21.0 Å². The predicted octanol–water partition coefficient (Wildman–Crippen LogP) is 7.42. The number of nitrogens with zero attached hydrogens (tertiary/aromatic N) is 2. The van der Waals surface area contributed by atoms with E-state index in [1.807, 2.05) is 55.4 Å². The molecule has 0 aliphatic carbocycles. The van der Waals surface area contributed by atoms with E-state index in [0.717, 1.165) is 7.11 Å². The highest BCUT2D eigenvalue weighted by molar-refractivity contribution is 5.20. The molecule has 0 radical (unpaired) electrons. The van der Waals surface area contributed by atoms with Gasteiger partial charge in [-0.3, -0.25) is 0 Å². The van der Waals surface area contributed by atoms with Crippen molar-refractivity contribution in [2.45, 2.75) is 114 Å². The van der Waals surface area contributed by atoms with Crippen molar-refractivity contribution in [2.24, 2.45) is 0 Å². The Morgan fingerprint density at radius 1 is 0.464 bits per heavy atom. The summed E-state index contributed by atoms with van der Waals surface area (Å²) in [6.45, 7) is 18.9. The summed E-state index contributed by atoms with van der Waals surface area (Å²) in [5, 5.41) is 21.6. The summed E-state index contributed by atoms with van der Waals surface area (Å²) in [5.41, 5.74) is 0. The van der Waals surface area contributed by atoms with Crippen molar-refractivity contribution in [3.63, 3.8) is 0 Å². The van der Waals surface area contributed by atoms with E-state index in [2.05, 4.69) is 0 Å². The maximum Gasteiger partial charge on any atom is 0.373 e. The highest BCUT2D eigenvalue weighted by Crippen LogP contribution is 1.22. The quantitative estimate of drug-likeness (QED) is 0.432. The number of aliphatic hydroxyl groups excluding tert-OH is 1. The lowest BCUT2D eigenvalue weighted by atomic mass is 11.0. The highest BCUT2D eigenvalue weighted by atomic mass is 16.2. The van der Waals surface area contributed by atoms with E-state index < -0.39 is 0 Å². The maximum absolute atomic E-state index is 8.12. The van der Waals surface area contributed by atoms with Gasteiger partial charge in [0.15, 0.2) is 0 Å². The number of carbonyl (C=O) groups excluding carboxylic acids is 4. The van der Waals surface area contributed by atoms with E-state index in [9.17, 15) is 0 Å². The molecule has 7 heteroatoms. The van der Waals surface area contributed by atoms with Crippen molar-refractivity contribution >= 4 is 12.3 Å². The monoisotopic (exact) mass is 418 g/mol. The summed E-state index contributed by atoms with van der Waals surface area (Å²) < 4.78 is 0. The fourth-order valence-corrected chi connectivity index (χ4v) is 0. The zero-order chi connectivity index (χ0) is 20.8. The summed E-state index contributed by atoms with van der Waals surface area (Å²) in [6.07, 6.45) is 0.500. The molecule has 7 nitrogen and oxygen atoms in total. The van der Waals surface area contributed by atoms with Crippen LogP contribution in [0.2, 0.25) is 0 Å². The van der Waals surface area contributed by atoms with E-state index in [0.29, 0.717) is 0 Å². The standard InChI is InChI=1S/2C2H3N.4C2H6.2CO2.CH4O.6CH4/c2*1-2-3;4*1-2;2*2-1-3;1-2;;;;;;/h2*1H3;4*1-2H3;;;2H,1H3;6*1H4. The Hall–Kier alpha value is -2.30. The molecule has 0 aromatic heterocycles. The Kier molecular flexibility index (Phi) is 23500. The highest BCUT2D eigenvalue weighted by Gasteiger charge is 1.18. The molecular weight excluding hydrogens is 360 g/mol. The third kappa shape index (κ3) is 2310. The summed E-state index contributed by atoms with van der Waals surface area (Å²) in [7, 11) is 1.00. The van der Waals surface area contributed by atoms with Gasteiger partial charge in [0.1, 0.15) is 0 Å². The first kappa shape index (κ1) is 137. The van der Waals surface area contributed by atoms with Gasteiger partial charge in [-0.1, -0.05) is 99.9 Å². The molecular formula is C21H58N2O5. The average molecular weight is 419 g/mol. The lowest BCUT2D eigenvalue weighted by molar-refractivity contribution is -0.193. The van der Waals surface area contributed by atoms with Gasteiger partial charge >= 0.3 is 12.3 Å². The van der Waals surface area contributed by atoms with Crippen LogP contribution in [-0.2, 0) is 19.2 Å². The second-order valence-corrected chi connectivity index (χ2v) is 0.614. The predicted molar refractivity (Wildman–Crippen MR) is 127 cm³/mol. The largest absolute Gasteiger partial charge is 0.400 e. The van der Waals surface area contributed by atoms with Crippen molar-refractivity contribution in [1.82, 2.24) is 0 Å². The van der Waals surface area contributed by atoms with Gasteiger partial charge in [0.2, 0.25) is 0 Å². The lowest BCUT2D eigenvalue weighted by Gasteiger charge is -1.21. The topological polar surface area (TPSA) is 136 Å². The van der Waals surface area contributed by atoms with Crippen LogP contribution in [0.3, 0.4) is 0 Å². The van der Waals surface area contributed by atoms with Crippen molar-refractivity contribution in [2.75, 3.05) is 7.11 Å². The molecule has 0 fully saturated rings. The van der Waals surface area contributed by atoms with Crippen LogP contribution in [0.4, 0.5) is 0 Å². The van der Waals surface area contributed by atoms with Crippen LogP contribution < -0.4 is 0 Å². The summed E-state index contributed by atoms with van der Waals surface area (Å²) >= 11 is 0. The van der Waals surface area contributed by atoms with Crippen LogP contribution in [0.5, 0.6) is 0 Å².